The van der Waals surface area contributed by atoms with Crippen LogP contribution < -0.4 is 5.32 Å². The lowest BCUT2D eigenvalue weighted by molar-refractivity contribution is -0.118. The third-order valence-corrected chi connectivity index (χ3v) is 4.91. The molecule has 0 fully saturated rings. The van der Waals surface area contributed by atoms with Crippen LogP contribution in [0.4, 0.5) is 0 Å². The first-order valence-corrected chi connectivity index (χ1v) is 8.44. The lowest BCUT2D eigenvalue weighted by Crippen LogP contribution is -2.30. The van der Waals surface area contributed by atoms with Gasteiger partial charge in [-0.1, -0.05) is 39.0 Å². The number of sulfone groups is 1. The van der Waals surface area contributed by atoms with Crippen LogP contribution in [0.2, 0.25) is 0 Å². The summed E-state index contributed by atoms with van der Waals surface area (Å²) < 4.78 is 24.8. The zero-order valence-corrected chi connectivity index (χ0v) is 13.9. The average molecular weight is 309 g/mol. The minimum atomic E-state index is -3.65. The molecule has 0 aliphatic rings. The Labute approximate surface area is 127 Å². The molecular formula is C16H23NO3S. The van der Waals surface area contributed by atoms with Crippen LogP contribution in [0, 0.1) is 6.92 Å². The van der Waals surface area contributed by atoms with Crippen LogP contribution in [0.3, 0.4) is 0 Å². The van der Waals surface area contributed by atoms with Gasteiger partial charge in [0.25, 0.3) is 0 Å². The molecule has 5 heteroatoms. The molecule has 0 atom stereocenters. The van der Waals surface area contributed by atoms with Gasteiger partial charge in [-0.05, 0) is 29.5 Å². The molecule has 116 valence electrons. The van der Waals surface area contributed by atoms with Crippen molar-refractivity contribution in [2.24, 2.45) is 0 Å². The molecule has 1 rings (SSSR count). The van der Waals surface area contributed by atoms with Crippen molar-refractivity contribution in [1.29, 1.82) is 0 Å². The summed E-state index contributed by atoms with van der Waals surface area (Å²) >= 11 is 0. The third kappa shape index (κ3) is 4.70. The standard InChI is InChI=1S/C16H23NO3S/c1-6-9-17-15(18)11-21(19,20)14-10-13(16(3,4)5)8-7-12(14)2/h6-8,10H,1,9,11H2,2-5H3,(H,17,18). The van der Waals surface area contributed by atoms with Gasteiger partial charge in [-0.25, -0.2) is 8.42 Å². The van der Waals surface area contributed by atoms with E-state index in [0.29, 0.717) is 5.56 Å². The molecule has 1 amide bonds. The van der Waals surface area contributed by atoms with Gasteiger partial charge >= 0.3 is 0 Å². The summed E-state index contributed by atoms with van der Waals surface area (Å²) in [6.45, 7) is 11.5. The molecule has 0 spiro atoms. The second-order valence-electron chi connectivity index (χ2n) is 6.08. The number of hydrogen-bond acceptors (Lipinski definition) is 3. The zero-order chi connectivity index (χ0) is 16.3. The summed E-state index contributed by atoms with van der Waals surface area (Å²) in [6.07, 6.45) is 1.51. The highest BCUT2D eigenvalue weighted by Crippen LogP contribution is 2.27. The molecule has 0 saturated carbocycles. The van der Waals surface area contributed by atoms with Crippen molar-refractivity contribution >= 4 is 15.7 Å². The molecule has 0 unspecified atom stereocenters. The van der Waals surface area contributed by atoms with Gasteiger partial charge in [0.05, 0.1) is 4.90 Å². The average Bonchev–Trinajstić information content (AvgIpc) is 2.34. The Balaban J connectivity index is 3.13. The Bertz CT molecular complexity index is 640. The highest BCUT2D eigenvalue weighted by Gasteiger charge is 2.23. The number of aryl methyl sites for hydroxylation is 1. The van der Waals surface area contributed by atoms with E-state index < -0.39 is 21.5 Å². The van der Waals surface area contributed by atoms with Crippen LogP contribution in [-0.4, -0.2) is 26.6 Å². The van der Waals surface area contributed by atoms with Crippen LogP contribution in [0.1, 0.15) is 31.9 Å². The number of carbonyl (C=O) groups is 1. The molecule has 0 aliphatic heterocycles. The van der Waals surface area contributed by atoms with Gasteiger partial charge in [0.1, 0.15) is 5.75 Å². The Kier molecular flexibility index (Phi) is 5.34. The van der Waals surface area contributed by atoms with E-state index in [1.807, 2.05) is 26.8 Å². The van der Waals surface area contributed by atoms with E-state index in [4.69, 9.17) is 0 Å². The predicted octanol–water partition coefficient (Wildman–Crippen LogP) is 2.37. The van der Waals surface area contributed by atoms with Crippen LogP contribution in [-0.2, 0) is 20.0 Å². The molecule has 0 aliphatic carbocycles. The molecular weight excluding hydrogens is 286 g/mol. The van der Waals surface area contributed by atoms with E-state index in [1.165, 1.54) is 6.08 Å². The van der Waals surface area contributed by atoms with Crippen LogP contribution in [0.5, 0.6) is 0 Å². The maximum atomic E-state index is 12.4. The summed E-state index contributed by atoms with van der Waals surface area (Å²) in [4.78, 5) is 11.9. The fourth-order valence-corrected chi connectivity index (χ4v) is 3.36. The van der Waals surface area contributed by atoms with Crippen LogP contribution >= 0.6 is 0 Å². The van der Waals surface area contributed by atoms with Crippen molar-refractivity contribution in [2.75, 3.05) is 12.3 Å². The van der Waals surface area contributed by atoms with Gasteiger partial charge in [-0.3, -0.25) is 4.79 Å². The van der Waals surface area contributed by atoms with Gasteiger partial charge < -0.3 is 5.32 Å². The Morgan fingerprint density at radius 2 is 1.95 bits per heavy atom. The summed E-state index contributed by atoms with van der Waals surface area (Å²) in [5.41, 5.74) is 1.43. The molecule has 0 heterocycles. The van der Waals surface area contributed by atoms with Gasteiger partial charge in [0.2, 0.25) is 5.91 Å². The predicted molar refractivity (Wildman–Crippen MR) is 85.1 cm³/mol. The lowest BCUT2D eigenvalue weighted by atomic mass is 9.87. The summed E-state index contributed by atoms with van der Waals surface area (Å²) in [6, 6.07) is 5.38. The second-order valence-corrected chi connectivity index (χ2v) is 8.04. The van der Waals surface area contributed by atoms with E-state index in [2.05, 4.69) is 11.9 Å². The third-order valence-electron chi connectivity index (χ3n) is 3.15. The number of carbonyl (C=O) groups excluding carboxylic acids is 1. The molecule has 0 aromatic heterocycles. The van der Waals surface area contributed by atoms with Gasteiger partial charge in [-0.15, -0.1) is 6.58 Å². The van der Waals surface area contributed by atoms with E-state index >= 15 is 0 Å². The van der Waals surface area contributed by atoms with E-state index in [9.17, 15) is 13.2 Å². The highest BCUT2D eigenvalue weighted by molar-refractivity contribution is 7.92. The van der Waals surface area contributed by atoms with Gasteiger partial charge in [0, 0.05) is 6.54 Å². The topological polar surface area (TPSA) is 63.2 Å². The fraction of sp³-hybridized carbons (Fsp3) is 0.438. The minimum absolute atomic E-state index is 0.150. The number of hydrogen-bond donors (Lipinski definition) is 1. The Hall–Kier alpha value is -1.62. The van der Waals surface area contributed by atoms with Crippen molar-refractivity contribution in [2.45, 2.75) is 38.0 Å². The largest absolute Gasteiger partial charge is 0.352 e. The quantitative estimate of drug-likeness (QED) is 0.849. The van der Waals surface area contributed by atoms with Crippen molar-refractivity contribution in [3.05, 3.63) is 42.0 Å². The van der Waals surface area contributed by atoms with Crippen molar-refractivity contribution in [1.82, 2.24) is 5.32 Å². The van der Waals surface area contributed by atoms with Crippen molar-refractivity contribution < 1.29 is 13.2 Å². The Morgan fingerprint density at radius 3 is 2.48 bits per heavy atom. The molecule has 21 heavy (non-hydrogen) atoms. The van der Waals surface area contributed by atoms with Gasteiger partial charge in [-0.2, -0.15) is 0 Å². The minimum Gasteiger partial charge on any atom is -0.352 e. The fourth-order valence-electron chi connectivity index (χ4n) is 1.89. The maximum Gasteiger partial charge on any atom is 0.235 e. The number of benzene rings is 1. The Morgan fingerprint density at radius 1 is 1.33 bits per heavy atom. The van der Waals surface area contributed by atoms with E-state index in [0.717, 1.165) is 5.56 Å². The van der Waals surface area contributed by atoms with Crippen molar-refractivity contribution in [3.63, 3.8) is 0 Å². The molecule has 1 aromatic carbocycles. The normalized spacial score (nSPS) is 12.0. The number of rotatable bonds is 5. The van der Waals surface area contributed by atoms with Crippen LogP contribution in [0.25, 0.3) is 0 Å². The number of nitrogens with one attached hydrogen (secondary N) is 1. The molecule has 1 N–H and O–H groups in total. The molecule has 1 aromatic rings. The monoisotopic (exact) mass is 309 g/mol. The first-order valence-electron chi connectivity index (χ1n) is 6.79. The van der Waals surface area contributed by atoms with Crippen molar-refractivity contribution in [3.8, 4) is 0 Å². The van der Waals surface area contributed by atoms with E-state index in [1.54, 1.807) is 19.1 Å². The molecule has 0 bridgehead atoms. The first-order chi connectivity index (χ1) is 9.58. The summed E-state index contributed by atoms with van der Waals surface area (Å²) in [5.74, 6) is -1.06. The zero-order valence-electron chi connectivity index (χ0n) is 13.1. The first kappa shape index (κ1) is 17.4. The number of amides is 1. The maximum absolute atomic E-state index is 12.4. The smallest absolute Gasteiger partial charge is 0.235 e. The molecule has 0 radical (unpaired) electrons. The molecule has 4 nitrogen and oxygen atoms in total. The second kappa shape index (κ2) is 6.43. The summed E-state index contributed by atoms with van der Waals surface area (Å²) in [5, 5.41) is 2.49. The SMILES string of the molecule is C=CCNC(=O)CS(=O)(=O)c1cc(C(C)(C)C)ccc1C. The summed E-state index contributed by atoms with van der Waals surface area (Å²) in [7, 11) is -3.65. The van der Waals surface area contributed by atoms with E-state index in [-0.39, 0.29) is 16.9 Å². The molecule has 0 saturated heterocycles. The van der Waals surface area contributed by atoms with Gasteiger partial charge in [0.15, 0.2) is 9.84 Å². The highest BCUT2D eigenvalue weighted by atomic mass is 32.2. The lowest BCUT2D eigenvalue weighted by Gasteiger charge is -2.20. The van der Waals surface area contributed by atoms with Crippen LogP contribution in [0.15, 0.2) is 35.7 Å².